The number of hydrogen-bond donors (Lipinski definition) is 0. The Hall–Kier alpha value is -0.570. The van der Waals surface area contributed by atoms with Crippen molar-refractivity contribution in [2.24, 2.45) is 0 Å². The molecule has 0 aliphatic carbocycles. The van der Waals surface area contributed by atoms with Gasteiger partial charge in [0.05, 0.1) is 0 Å². The number of carbonyl (C=O) groups is 1. The van der Waals surface area contributed by atoms with Crippen molar-refractivity contribution in [3.63, 3.8) is 0 Å². The van der Waals surface area contributed by atoms with Crippen LogP contribution in [0.15, 0.2) is 0 Å². The molecule has 0 aliphatic heterocycles. The van der Waals surface area contributed by atoms with E-state index in [1.165, 1.54) is 38.5 Å². The monoisotopic (exact) mass is 256 g/mol. The van der Waals surface area contributed by atoms with Crippen molar-refractivity contribution in [2.45, 2.75) is 71.6 Å². The van der Waals surface area contributed by atoms with Crippen LogP contribution in [0.5, 0.6) is 0 Å². The number of nitrogens with zero attached hydrogens (tertiary/aromatic N) is 2. The summed E-state index contributed by atoms with van der Waals surface area (Å²) >= 11 is 0. The van der Waals surface area contributed by atoms with Gasteiger partial charge in [0.1, 0.15) is 0 Å². The van der Waals surface area contributed by atoms with E-state index in [1.807, 2.05) is 24.1 Å². The van der Waals surface area contributed by atoms with Crippen LogP contribution in [-0.2, 0) is 4.79 Å². The van der Waals surface area contributed by atoms with E-state index >= 15 is 0 Å². The lowest BCUT2D eigenvalue weighted by Crippen LogP contribution is -2.42. The third kappa shape index (κ3) is 8.51. The highest BCUT2D eigenvalue weighted by Crippen LogP contribution is 2.10. The highest BCUT2D eigenvalue weighted by molar-refractivity contribution is 5.75. The Kier molecular flexibility index (Phi) is 11.2. The topological polar surface area (TPSA) is 23.6 Å². The first-order valence-electron chi connectivity index (χ1n) is 7.61. The summed E-state index contributed by atoms with van der Waals surface area (Å²) in [5, 5.41) is 3.77. The molecule has 0 fully saturated rings. The summed E-state index contributed by atoms with van der Waals surface area (Å²) in [6.45, 7) is 5.18. The van der Waals surface area contributed by atoms with Crippen LogP contribution < -0.4 is 0 Å². The van der Waals surface area contributed by atoms with Crippen molar-refractivity contribution in [1.82, 2.24) is 10.0 Å². The zero-order valence-electron chi connectivity index (χ0n) is 12.9. The Bertz CT molecular complexity index is 205. The minimum Gasteiger partial charge on any atom is -0.276 e. The molecule has 0 saturated heterocycles. The fourth-order valence-electron chi connectivity index (χ4n) is 2.12. The second-order valence-corrected chi connectivity index (χ2v) is 5.24. The SMILES string of the molecule is CCCCCCCCCC(=O)N(CCC)N(C)C. The molecule has 3 nitrogen and oxygen atoms in total. The van der Waals surface area contributed by atoms with Crippen molar-refractivity contribution in [1.29, 1.82) is 0 Å². The average Bonchev–Trinajstić information content (AvgIpc) is 2.34. The van der Waals surface area contributed by atoms with E-state index in [0.29, 0.717) is 6.42 Å². The van der Waals surface area contributed by atoms with Crippen LogP contribution >= 0.6 is 0 Å². The number of hydrogen-bond acceptors (Lipinski definition) is 2. The maximum Gasteiger partial charge on any atom is 0.236 e. The van der Waals surface area contributed by atoms with E-state index in [-0.39, 0.29) is 5.91 Å². The normalized spacial score (nSPS) is 10.9. The summed E-state index contributed by atoms with van der Waals surface area (Å²) < 4.78 is 0. The first-order chi connectivity index (χ1) is 8.63. The molecule has 0 heterocycles. The fraction of sp³-hybridized carbons (Fsp3) is 0.933. The van der Waals surface area contributed by atoms with Gasteiger partial charge in [-0.25, -0.2) is 5.01 Å². The van der Waals surface area contributed by atoms with Gasteiger partial charge < -0.3 is 0 Å². The highest BCUT2D eigenvalue weighted by Gasteiger charge is 2.13. The fourth-order valence-corrected chi connectivity index (χ4v) is 2.12. The summed E-state index contributed by atoms with van der Waals surface area (Å²) in [4.78, 5) is 12.0. The molecule has 0 radical (unpaired) electrons. The molecular weight excluding hydrogens is 224 g/mol. The van der Waals surface area contributed by atoms with Crippen molar-refractivity contribution in [2.75, 3.05) is 20.6 Å². The largest absolute Gasteiger partial charge is 0.276 e. The van der Waals surface area contributed by atoms with Gasteiger partial charge >= 0.3 is 0 Å². The minimum atomic E-state index is 0.274. The minimum absolute atomic E-state index is 0.274. The third-order valence-corrected chi connectivity index (χ3v) is 3.20. The molecule has 0 N–H and O–H groups in total. The Morgan fingerprint density at radius 1 is 0.833 bits per heavy atom. The second-order valence-electron chi connectivity index (χ2n) is 5.24. The highest BCUT2D eigenvalue weighted by atomic mass is 16.2. The molecule has 0 aromatic carbocycles. The van der Waals surface area contributed by atoms with Gasteiger partial charge in [-0.15, -0.1) is 0 Å². The van der Waals surface area contributed by atoms with Gasteiger partial charge in [-0.1, -0.05) is 52.4 Å². The predicted molar refractivity (Wildman–Crippen MR) is 78.3 cm³/mol. The first-order valence-corrected chi connectivity index (χ1v) is 7.61. The number of amides is 1. The number of rotatable bonds is 11. The Morgan fingerprint density at radius 2 is 1.39 bits per heavy atom. The maximum absolute atomic E-state index is 12.0. The lowest BCUT2D eigenvalue weighted by Gasteiger charge is -2.28. The van der Waals surface area contributed by atoms with Gasteiger partial charge in [0.2, 0.25) is 5.91 Å². The molecule has 0 unspecified atom stereocenters. The summed E-state index contributed by atoms with van der Waals surface area (Å²) in [6, 6.07) is 0. The van der Waals surface area contributed by atoms with Crippen LogP contribution in [0, 0.1) is 0 Å². The summed E-state index contributed by atoms with van der Waals surface area (Å²) in [5.41, 5.74) is 0. The average molecular weight is 256 g/mol. The molecule has 1 amide bonds. The Labute approximate surface area is 113 Å². The molecule has 0 spiro atoms. The number of carbonyl (C=O) groups excluding carboxylic acids is 1. The predicted octanol–water partition coefficient (Wildman–Crippen LogP) is 3.84. The summed E-state index contributed by atoms with van der Waals surface area (Å²) in [6.07, 6.45) is 10.6. The standard InChI is InChI=1S/C15H32N2O/c1-5-7-8-9-10-11-12-13-15(18)17(14-6-2)16(3)4/h5-14H2,1-4H3. The van der Waals surface area contributed by atoms with Crippen molar-refractivity contribution >= 4 is 5.91 Å². The van der Waals surface area contributed by atoms with E-state index in [2.05, 4.69) is 13.8 Å². The Balaban J connectivity index is 3.61. The lowest BCUT2D eigenvalue weighted by molar-refractivity contribution is -0.144. The van der Waals surface area contributed by atoms with Gasteiger partial charge in [0, 0.05) is 27.1 Å². The van der Waals surface area contributed by atoms with Crippen molar-refractivity contribution < 1.29 is 4.79 Å². The van der Waals surface area contributed by atoms with E-state index in [1.54, 1.807) is 0 Å². The molecule has 0 atom stereocenters. The van der Waals surface area contributed by atoms with Gasteiger partial charge in [-0.05, 0) is 12.8 Å². The quantitative estimate of drug-likeness (QED) is 0.414. The van der Waals surface area contributed by atoms with E-state index in [9.17, 15) is 4.79 Å². The van der Waals surface area contributed by atoms with Crippen molar-refractivity contribution in [3.8, 4) is 0 Å². The second kappa shape index (κ2) is 11.5. The van der Waals surface area contributed by atoms with Crippen LogP contribution in [0.2, 0.25) is 0 Å². The van der Waals surface area contributed by atoms with Crippen LogP contribution in [0.25, 0.3) is 0 Å². The molecule has 0 rings (SSSR count). The van der Waals surface area contributed by atoms with Crippen LogP contribution in [0.4, 0.5) is 0 Å². The van der Waals surface area contributed by atoms with Crippen LogP contribution in [0.3, 0.4) is 0 Å². The van der Waals surface area contributed by atoms with E-state index < -0.39 is 0 Å². The zero-order chi connectivity index (χ0) is 13.8. The van der Waals surface area contributed by atoms with Gasteiger partial charge in [-0.3, -0.25) is 9.80 Å². The van der Waals surface area contributed by atoms with Gasteiger partial charge in [0.15, 0.2) is 0 Å². The van der Waals surface area contributed by atoms with E-state index in [4.69, 9.17) is 0 Å². The first kappa shape index (κ1) is 17.4. The lowest BCUT2D eigenvalue weighted by atomic mass is 10.1. The maximum atomic E-state index is 12.0. The Morgan fingerprint density at radius 3 is 1.89 bits per heavy atom. The molecule has 18 heavy (non-hydrogen) atoms. The third-order valence-electron chi connectivity index (χ3n) is 3.20. The van der Waals surface area contributed by atoms with Crippen LogP contribution in [-0.4, -0.2) is 36.6 Å². The molecule has 0 bridgehead atoms. The van der Waals surface area contributed by atoms with Crippen molar-refractivity contribution in [3.05, 3.63) is 0 Å². The molecule has 3 heteroatoms. The number of hydrazine groups is 1. The van der Waals surface area contributed by atoms with E-state index in [0.717, 1.165) is 19.4 Å². The van der Waals surface area contributed by atoms with Crippen LogP contribution in [0.1, 0.15) is 71.6 Å². The zero-order valence-corrected chi connectivity index (χ0v) is 12.9. The van der Waals surface area contributed by atoms with Gasteiger partial charge in [0.25, 0.3) is 0 Å². The summed E-state index contributed by atoms with van der Waals surface area (Å²) in [7, 11) is 3.89. The molecular formula is C15H32N2O. The molecule has 0 aromatic rings. The number of unbranched alkanes of at least 4 members (excludes halogenated alkanes) is 6. The molecule has 0 saturated carbocycles. The molecule has 0 aliphatic rings. The molecule has 0 aromatic heterocycles. The smallest absolute Gasteiger partial charge is 0.236 e. The van der Waals surface area contributed by atoms with Gasteiger partial charge in [-0.2, -0.15) is 0 Å². The molecule has 108 valence electrons. The summed E-state index contributed by atoms with van der Waals surface area (Å²) in [5.74, 6) is 0.274.